The first-order valence-electron chi connectivity index (χ1n) is 6.94. The number of nitriles is 1. The van der Waals surface area contributed by atoms with Gasteiger partial charge < -0.3 is 10.5 Å². The molecule has 8 heteroatoms. The molecule has 0 atom stereocenters. The topological polar surface area (TPSA) is 103 Å². The summed E-state index contributed by atoms with van der Waals surface area (Å²) in [5.74, 6) is 0.256. The Hall–Kier alpha value is -2.66. The Balaban J connectivity index is 2.13. The van der Waals surface area contributed by atoms with Gasteiger partial charge in [-0.2, -0.15) is 15.2 Å². The number of nitrogens with zero attached hydrogens (tertiary/aromatic N) is 5. The van der Waals surface area contributed by atoms with Crippen LogP contribution in [0.4, 0.5) is 5.82 Å². The number of halogens is 1. The van der Waals surface area contributed by atoms with Crippen molar-refractivity contribution in [3.05, 3.63) is 40.1 Å². The molecule has 3 rings (SSSR count). The number of benzene rings is 1. The summed E-state index contributed by atoms with van der Waals surface area (Å²) in [4.78, 5) is 12.8. The zero-order valence-corrected chi connectivity index (χ0v) is 13.9. The largest absolute Gasteiger partial charge is 0.464 e. The first kappa shape index (κ1) is 15.2. The molecule has 0 fully saturated rings. The van der Waals surface area contributed by atoms with Crippen molar-refractivity contribution >= 4 is 32.9 Å². The van der Waals surface area contributed by atoms with Gasteiger partial charge in [0, 0.05) is 0 Å². The van der Waals surface area contributed by atoms with Crippen LogP contribution in [0.1, 0.15) is 18.1 Å². The van der Waals surface area contributed by atoms with E-state index in [2.05, 4.69) is 37.0 Å². The summed E-state index contributed by atoms with van der Waals surface area (Å²) in [5.41, 5.74) is 8.46. The maximum atomic E-state index is 9.24. The van der Waals surface area contributed by atoms with Crippen molar-refractivity contribution in [2.45, 2.75) is 13.5 Å². The minimum Gasteiger partial charge on any atom is -0.464 e. The van der Waals surface area contributed by atoms with Gasteiger partial charge in [-0.15, -0.1) is 0 Å². The fourth-order valence-electron chi connectivity index (χ4n) is 2.25. The van der Waals surface area contributed by atoms with Gasteiger partial charge in [0.2, 0.25) is 0 Å². The second-order valence-corrected chi connectivity index (χ2v) is 5.44. The van der Waals surface area contributed by atoms with Crippen molar-refractivity contribution in [3.8, 4) is 12.1 Å². The molecule has 2 aromatic heterocycles. The number of rotatable bonds is 4. The van der Waals surface area contributed by atoms with E-state index in [9.17, 15) is 5.26 Å². The molecule has 0 aliphatic carbocycles. The van der Waals surface area contributed by atoms with Crippen molar-refractivity contribution in [2.75, 3.05) is 12.3 Å². The number of hydrogen-bond acceptors (Lipinski definition) is 6. The molecule has 2 heterocycles. The van der Waals surface area contributed by atoms with Crippen LogP contribution in [-0.4, -0.2) is 26.1 Å². The summed E-state index contributed by atoms with van der Waals surface area (Å²) in [7, 11) is 0. The molecule has 2 N–H and O–H groups in total. The number of hydrogen-bond donors (Lipinski definition) is 1. The average molecular weight is 373 g/mol. The molecule has 0 amide bonds. The highest BCUT2D eigenvalue weighted by Crippen LogP contribution is 2.25. The predicted molar refractivity (Wildman–Crippen MR) is 88.9 cm³/mol. The first-order chi connectivity index (χ1) is 11.1. The van der Waals surface area contributed by atoms with Crippen LogP contribution in [0.15, 0.2) is 29.0 Å². The van der Waals surface area contributed by atoms with Gasteiger partial charge in [0.05, 0.1) is 24.8 Å². The molecule has 116 valence electrons. The first-order valence-corrected chi connectivity index (χ1v) is 7.73. The fourth-order valence-corrected chi connectivity index (χ4v) is 2.72. The van der Waals surface area contributed by atoms with Crippen LogP contribution < -0.4 is 10.5 Å². The van der Waals surface area contributed by atoms with E-state index in [1.807, 2.05) is 29.7 Å². The van der Waals surface area contributed by atoms with Gasteiger partial charge in [-0.1, -0.05) is 18.2 Å². The van der Waals surface area contributed by atoms with Crippen LogP contribution in [-0.2, 0) is 6.54 Å². The summed E-state index contributed by atoms with van der Waals surface area (Å²) in [6.07, 6.45) is 0. The van der Waals surface area contributed by atoms with Crippen LogP contribution in [0.25, 0.3) is 11.2 Å². The monoisotopic (exact) mass is 372 g/mol. The standard InChI is InChI=1S/C15H13BrN6O/c1-2-23-15-20-12(18)11-13(21-15)22(14(16)19-11)8-10-6-4-3-5-9(10)7-17/h3-6H,2,8H2,1H3,(H2,18,20,21). The molecule has 0 unspecified atom stereocenters. The van der Waals surface area contributed by atoms with E-state index in [4.69, 9.17) is 10.5 Å². The van der Waals surface area contributed by atoms with Gasteiger partial charge >= 0.3 is 6.01 Å². The van der Waals surface area contributed by atoms with Crippen LogP contribution in [0.5, 0.6) is 6.01 Å². The smallest absolute Gasteiger partial charge is 0.320 e. The molecular formula is C15H13BrN6O. The SMILES string of the molecule is CCOc1nc(N)c2nc(Br)n(Cc3ccccc3C#N)c2n1. The Morgan fingerprint density at radius 1 is 1.30 bits per heavy atom. The molecule has 0 aliphatic heterocycles. The summed E-state index contributed by atoms with van der Waals surface area (Å²) in [6, 6.07) is 9.78. The molecule has 0 spiro atoms. The highest BCUT2D eigenvalue weighted by Gasteiger charge is 2.17. The fraction of sp³-hybridized carbons (Fsp3) is 0.200. The molecule has 0 aliphatic rings. The van der Waals surface area contributed by atoms with E-state index in [0.717, 1.165) is 5.56 Å². The van der Waals surface area contributed by atoms with Crippen LogP contribution in [0, 0.1) is 11.3 Å². The number of nitrogen functional groups attached to an aromatic ring is 1. The van der Waals surface area contributed by atoms with Gasteiger partial charge in [-0.05, 0) is 34.5 Å². The second-order valence-electron chi connectivity index (χ2n) is 4.73. The number of aromatic nitrogens is 4. The summed E-state index contributed by atoms with van der Waals surface area (Å²) in [6.45, 7) is 2.72. The van der Waals surface area contributed by atoms with Crippen molar-refractivity contribution < 1.29 is 4.74 Å². The molecule has 0 radical (unpaired) electrons. The van der Waals surface area contributed by atoms with Crippen LogP contribution in [0.3, 0.4) is 0 Å². The number of anilines is 1. The van der Waals surface area contributed by atoms with E-state index in [1.54, 1.807) is 6.07 Å². The lowest BCUT2D eigenvalue weighted by Crippen LogP contribution is -2.06. The molecule has 7 nitrogen and oxygen atoms in total. The lowest BCUT2D eigenvalue weighted by molar-refractivity contribution is 0.314. The molecule has 0 bridgehead atoms. The lowest BCUT2D eigenvalue weighted by Gasteiger charge is -2.08. The van der Waals surface area contributed by atoms with Gasteiger partial charge in [0.15, 0.2) is 21.7 Å². The molecular weight excluding hydrogens is 360 g/mol. The Bertz CT molecular complexity index is 914. The van der Waals surface area contributed by atoms with Gasteiger partial charge in [0.25, 0.3) is 0 Å². The molecule has 3 aromatic rings. The van der Waals surface area contributed by atoms with Gasteiger partial charge in [0.1, 0.15) is 0 Å². The Morgan fingerprint density at radius 2 is 2.09 bits per heavy atom. The minimum absolute atomic E-state index is 0.208. The minimum atomic E-state index is 0.208. The lowest BCUT2D eigenvalue weighted by atomic mass is 10.1. The quantitative estimate of drug-likeness (QED) is 0.705. The zero-order chi connectivity index (χ0) is 16.4. The third-order valence-electron chi connectivity index (χ3n) is 3.29. The summed E-state index contributed by atoms with van der Waals surface area (Å²) < 4.78 is 7.73. The highest BCUT2D eigenvalue weighted by atomic mass is 79.9. The van der Waals surface area contributed by atoms with Crippen molar-refractivity contribution in [1.82, 2.24) is 19.5 Å². The maximum absolute atomic E-state index is 9.24. The van der Waals surface area contributed by atoms with E-state index >= 15 is 0 Å². The van der Waals surface area contributed by atoms with Crippen molar-refractivity contribution in [2.24, 2.45) is 0 Å². The van der Waals surface area contributed by atoms with Gasteiger partial charge in [-0.25, -0.2) is 4.98 Å². The molecule has 1 aromatic carbocycles. The normalized spacial score (nSPS) is 10.7. The molecule has 23 heavy (non-hydrogen) atoms. The number of imidazole rings is 1. The summed E-state index contributed by atoms with van der Waals surface area (Å²) in [5, 5.41) is 9.24. The van der Waals surface area contributed by atoms with E-state index in [-0.39, 0.29) is 11.8 Å². The molecule has 0 saturated heterocycles. The van der Waals surface area contributed by atoms with Crippen molar-refractivity contribution in [1.29, 1.82) is 5.26 Å². The van der Waals surface area contributed by atoms with Crippen LogP contribution in [0.2, 0.25) is 0 Å². The number of nitrogens with two attached hydrogens (primary N) is 1. The predicted octanol–water partition coefficient (Wildman–Crippen LogP) is 2.49. The summed E-state index contributed by atoms with van der Waals surface area (Å²) >= 11 is 3.42. The van der Waals surface area contributed by atoms with E-state index in [0.29, 0.717) is 34.6 Å². The average Bonchev–Trinajstić information content (AvgIpc) is 2.85. The van der Waals surface area contributed by atoms with Crippen molar-refractivity contribution in [3.63, 3.8) is 0 Å². The highest BCUT2D eigenvalue weighted by molar-refractivity contribution is 9.10. The third kappa shape index (κ3) is 2.83. The van der Waals surface area contributed by atoms with Crippen LogP contribution >= 0.6 is 15.9 Å². The van der Waals surface area contributed by atoms with E-state index < -0.39 is 0 Å². The second kappa shape index (κ2) is 6.22. The number of ether oxygens (including phenoxy) is 1. The maximum Gasteiger partial charge on any atom is 0.320 e. The Morgan fingerprint density at radius 3 is 2.83 bits per heavy atom. The van der Waals surface area contributed by atoms with E-state index in [1.165, 1.54) is 0 Å². The molecule has 0 saturated carbocycles. The zero-order valence-electron chi connectivity index (χ0n) is 12.3. The number of fused-ring (bicyclic) bond motifs is 1. The Kier molecular flexibility index (Phi) is 4.12. The Labute approximate surface area is 140 Å². The van der Waals surface area contributed by atoms with Gasteiger partial charge in [-0.3, -0.25) is 4.57 Å². The third-order valence-corrected chi connectivity index (χ3v) is 3.90.